The molecule has 25 heavy (non-hydrogen) atoms. The Kier molecular flexibility index (Phi) is 4.93. The lowest BCUT2D eigenvalue weighted by atomic mass is 10.0. The minimum absolute atomic E-state index is 0.595. The van der Waals surface area contributed by atoms with E-state index in [9.17, 15) is 0 Å². The summed E-state index contributed by atoms with van der Waals surface area (Å²) in [5.74, 6) is 1.04. The number of nitrogens with one attached hydrogen (secondary N) is 1. The van der Waals surface area contributed by atoms with Crippen molar-refractivity contribution in [1.29, 1.82) is 0 Å². The van der Waals surface area contributed by atoms with E-state index in [4.69, 9.17) is 28.3 Å². The van der Waals surface area contributed by atoms with E-state index in [1.54, 1.807) is 6.07 Å². The minimum atomic E-state index is 0.595. The van der Waals surface area contributed by atoms with E-state index in [1.807, 2.05) is 16.8 Å². The molecule has 3 aromatic rings. The first-order valence-corrected chi connectivity index (χ1v) is 10.0. The molecule has 2 heterocycles. The zero-order valence-corrected chi connectivity index (χ0v) is 17.1. The van der Waals surface area contributed by atoms with E-state index in [-0.39, 0.29) is 0 Å². The van der Waals surface area contributed by atoms with Crippen LogP contribution in [0.3, 0.4) is 0 Å². The van der Waals surface area contributed by atoms with E-state index in [0.29, 0.717) is 10.0 Å². The summed E-state index contributed by atoms with van der Waals surface area (Å²) in [6.07, 6.45) is 3.31. The number of benzene rings is 2. The fourth-order valence-electron chi connectivity index (χ4n) is 3.20. The standard InChI is InChI=1S/C19H16Cl2IN3/c20-13-7-8-17(16(21)11-13)25-19-15(6-1-2-9-23-19)18(24-25)12-4-3-5-14(22)10-12/h3-5,7-8,10-11,23H,1-2,6,9H2. The summed E-state index contributed by atoms with van der Waals surface area (Å²) in [5, 5.41) is 9.69. The van der Waals surface area contributed by atoms with Gasteiger partial charge in [-0.05, 0) is 72.2 Å². The van der Waals surface area contributed by atoms with Crippen LogP contribution in [0.15, 0.2) is 42.5 Å². The summed E-state index contributed by atoms with van der Waals surface area (Å²) in [7, 11) is 0. The molecule has 1 N–H and O–H groups in total. The highest BCUT2D eigenvalue weighted by Crippen LogP contribution is 2.36. The molecule has 0 atom stereocenters. The second-order valence-corrected chi connectivity index (χ2v) is 8.17. The van der Waals surface area contributed by atoms with Crippen molar-refractivity contribution in [3.63, 3.8) is 0 Å². The van der Waals surface area contributed by atoms with Gasteiger partial charge in [-0.25, -0.2) is 4.68 Å². The van der Waals surface area contributed by atoms with Crippen molar-refractivity contribution in [3.8, 4) is 16.9 Å². The zero-order valence-electron chi connectivity index (χ0n) is 13.4. The average molecular weight is 484 g/mol. The quantitative estimate of drug-likeness (QED) is 0.440. The maximum absolute atomic E-state index is 6.45. The van der Waals surface area contributed by atoms with Crippen molar-refractivity contribution in [2.75, 3.05) is 11.9 Å². The van der Waals surface area contributed by atoms with E-state index >= 15 is 0 Å². The van der Waals surface area contributed by atoms with Crippen molar-refractivity contribution in [2.45, 2.75) is 19.3 Å². The number of rotatable bonds is 2. The van der Waals surface area contributed by atoms with Crippen LogP contribution < -0.4 is 5.32 Å². The second kappa shape index (κ2) is 7.17. The Labute approximate surface area is 170 Å². The third-order valence-corrected chi connectivity index (χ3v) is 5.57. The summed E-state index contributed by atoms with van der Waals surface area (Å²) in [4.78, 5) is 0. The lowest BCUT2D eigenvalue weighted by Crippen LogP contribution is -2.07. The van der Waals surface area contributed by atoms with Crippen molar-refractivity contribution >= 4 is 51.6 Å². The molecule has 3 nitrogen and oxygen atoms in total. The van der Waals surface area contributed by atoms with Gasteiger partial charge in [0.15, 0.2) is 0 Å². The van der Waals surface area contributed by atoms with E-state index < -0.39 is 0 Å². The molecule has 6 heteroatoms. The predicted octanol–water partition coefficient (Wildman–Crippen LogP) is 6.20. The van der Waals surface area contributed by atoms with Gasteiger partial charge in [0.2, 0.25) is 0 Å². The van der Waals surface area contributed by atoms with Crippen molar-refractivity contribution in [1.82, 2.24) is 9.78 Å². The molecule has 0 spiro atoms. The maximum Gasteiger partial charge on any atom is 0.133 e. The minimum Gasteiger partial charge on any atom is -0.370 e. The highest BCUT2D eigenvalue weighted by molar-refractivity contribution is 14.1. The Morgan fingerprint density at radius 2 is 1.96 bits per heavy atom. The van der Waals surface area contributed by atoms with Crippen LogP contribution >= 0.6 is 45.8 Å². The summed E-state index contributed by atoms with van der Waals surface area (Å²) >= 11 is 14.9. The molecular weight excluding hydrogens is 468 g/mol. The third kappa shape index (κ3) is 3.39. The van der Waals surface area contributed by atoms with Gasteiger partial charge in [-0.15, -0.1) is 0 Å². The monoisotopic (exact) mass is 483 g/mol. The smallest absolute Gasteiger partial charge is 0.133 e. The number of halogens is 3. The van der Waals surface area contributed by atoms with Crippen LogP contribution in [-0.4, -0.2) is 16.3 Å². The molecule has 1 aromatic heterocycles. The third-order valence-electron chi connectivity index (χ3n) is 4.37. The number of aromatic nitrogens is 2. The Morgan fingerprint density at radius 3 is 2.76 bits per heavy atom. The molecule has 0 fully saturated rings. The molecule has 0 saturated carbocycles. The Morgan fingerprint density at radius 1 is 1.08 bits per heavy atom. The fraction of sp³-hybridized carbons (Fsp3) is 0.211. The van der Waals surface area contributed by atoms with Crippen LogP contribution in [0.25, 0.3) is 16.9 Å². The number of hydrogen-bond donors (Lipinski definition) is 1. The van der Waals surface area contributed by atoms with Gasteiger partial charge >= 0.3 is 0 Å². The molecule has 128 valence electrons. The van der Waals surface area contributed by atoms with Gasteiger partial charge in [-0.3, -0.25) is 0 Å². The molecule has 0 amide bonds. The summed E-state index contributed by atoms with van der Waals surface area (Å²) in [6.45, 7) is 0.940. The largest absolute Gasteiger partial charge is 0.370 e. The van der Waals surface area contributed by atoms with Gasteiger partial charge in [0, 0.05) is 26.3 Å². The van der Waals surface area contributed by atoms with Gasteiger partial charge in [0.25, 0.3) is 0 Å². The van der Waals surface area contributed by atoms with E-state index in [1.165, 1.54) is 9.13 Å². The summed E-state index contributed by atoms with van der Waals surface area (Å²) < 4.78 is 3.12. The van der Waals surface area contributed by atoms with Crippen LogP contribution in [0.5, 0.6) is 0 Å². The zero-order chi connectivity index (χ0) is 17.4. The molecule has 0 radical (unpaired) electrons. The van der Waals surface area contributed by atoms with Crippen molar-refractivity contribution in [2.24, 2.45) is 0 Å². The fourth-order valence-corrected chi connectivity index (χ4v) is 4.23. The number of anilines is 1. The normalized spacial score (nSPS) is 13.9. The predicted molar refractivity (Wildman–Crippen MR) is 113 cm³/mol. The van der Waals surface area contributed by atoms with E-state index in [0.717, 1.165) is 48.6 Å². The number of hydrogen-bond acceptors (Lipinski definition) is 2. The van der Waals surface area contributed by atoms with Gasteiger partial charge in [0.1, 0.15) is 5.82 Å². The van der Waals surface area contributed by atoms with Gasteiger partial charge in [-0.2, -0.15) is 5.10 Å². The Balaban J connectivity index is 1.93. The SMILES string of the molecule is Clc1ccc(-n2nc(-c3cccc(I)c3)c3c2NCCCC3)c(Cl)c1. The first kappa shape index (κ1) is 17.2. The number of nitrogens with zero attached hydrogens (tertiary/aromatic N) is 2. The molecule has 1 aliphatic rings. The lowest BCUT2D eigenvalue weighted by Gasteiger charge is -2.10. The van der Waals surface area contributed by atoms with Crippen LogP contribution in [0, 0.1) is 3.57 Å². The highest BCUT2D eigenvalue weighted by atomic mass is 127. The van der Waals surface area contributed by atoms with Crippen LogP contribution in [0.1, 0.15) is 18.4 Å². The second-order valence-electron chi connectivity index (χ2n) is 6.08. The molecule has 0 unspecified atom stereocenters. The molecule has 4 rings (SSSR count). The van der Waals surface area contributed by atoms with Crippen LogP contribution in [0.4, 0.5) is 5.82 Å². The lowest BCUT2D eigenvalue weighted by molar-refractivity contribution is 0.780. The van der Waals surface area contributed by atoms with Gasteiger partial charge in [0.05, 0.1) is 16.4 Å². The average Bonchev–Trinajstić information content (AvgIpc) is 2.77. The molecule has 0 saturated heterocycles. The van der Waals surface area contributed by atoms with E-state index in [2.05, 4.69) is 52.2 Å². The molecule has 0 aliphatic carbocycles. The van der Waals surface area contributed by atoms with Gasteiger partial charge < -0.3 is 5.32 Å². The molecular formula is C19H16Cl2IN3. The number of fused-ring (bicyclic) bond motifs is 1. The summed E-state index contributed by atoms with van der Waals surface area (Å²) in [6, 6.07) is 14.0. The topological polar surface area (TPSA) is 29.9 Å². The van der Waals surface area contributed by atoms with Crippen LogP contribution in [0.2, 0.25) is 10.0 Å². The maximum atomic E-state index is 6.45. The Bertz CT molecular complexity index is 936. The first-order valence-electron chi connectivity index (χ1n) is 8.20. The Hall–Kier alpha value is -1.24. The van der Waals surface area contributed by atoms with Crippen LogP contribution in [-0.2, 0) is 6.42 Å². The molecule has 0 bridgehead atoms. The van der Waals surface area contributed by atoms with Crippen molar-refractivity contribution in [3.05, 3.63) is 61.6 Å². The summed E-state index contributed by atoms with van der Waals surface area (Å²) in [5.41, 5.74) is 4.25. The molecule has 2 aromatic carbocycles. The van der Waals surface area contributed by atoms with Gasteiger partial charge in [-0.1, -0.05) is 35.3 Å². The molecule has 1 aliphatic heterocycles. The highest BCUT2D eigenvalue weighted by Gasteiger charge is 2.22. The first-order chi connectivity index (χ1) is 12.1. The van der Waals surface area contributed by atoms with Crippen molar-refractivity contribution < 1.29 is 0 Å².